The maximum absolute atomic E-state index is 13.2. The van der Waals surface area contributed by atoms with Crippen molar-refractivity contribution in [3.05, 3.63) is 29.6 Å². The molecule has 2 fully saturated rings. The van der Waals surface area contributed by atoms with E-state index in [1.165, 1.54) is 18.4 Å². The van der Waals surface area contributed by atoms with Gasteiger partial charge in [0.25, 0.3) is 0 Å². The van der Waals surface area contributed by atoms with E-state index < -0.39 is 12.1 Å². The van der Waals surface area contributed by atoms with Crippen molar-refractivity contribution in [3.63, 3.8) is 0 Å². The average molecular weight is 529 g/mol. The highest BCUT2D eigenvalue weighted by molar-refractivity contribution is 5.87. The van der Waals surface area contributed by atoms with Crippen molar-refractivity contribution in [3.8, 4) is 0 Å². The SMILES string of the molecule is C[C@@H]1CCCCCCCCC(=O)N(C)[C@@H](C)C(=O)N[C@H]([C@H](O)CNC2(c3cc(C(C)(C)C)ccn3)CC2)C1. The molecule has 2 heterocycles. The number of amides is 2. The van der Waals surface area contributed by atoms with Gasteiger partial charge in [-0.05, 0) is 61.6 Å². The molecule has 3 N–H and O–H groups in total. The first kappa shape index (κ1) is 30.6. The zero-order valence-electron chi connectivity index (χ0n) is 24.7. The van der Waals surface area contributed by atoms with Gasteiger partial charge >= 0.3 is 0 Å². The van der Waals surface area contributed by atoms with Gasteiger partial charge in [0.1, 0.15) is 6.04 Å². The van der Waals surface area contributed by atoms with Gasteiger partial charge in [-0.25, -0.2) is 0 Å². The molecule has 1 saturated carbocycles. The van der Waals surface area contributed by atoms with E-state index in [4.69, 9.17) is 0 Å². The molecule has 1 aliphatic carbocycles. The quantitative estimate of drug-likeness (QED) is 0.510. The molecule has 1 aliphatic heterocycles. The summed E-state index contributed by atoms with van der Waals surface area (Å²) in [6.45, 7) is 11.0. The molecule has 38 heavy (non-hydrogen) atoms. The normalized spacial score (nSPS) is 27.0. The summed E-state index contributed by atoms with van der Waals surface area (Å²) in [4.78, 5) is 32.1. The molecule has 7 nitrogen and oxygen atoms in total. The predicted molar refractivity (Wildman–Crippen MR) is 153 cm³/mol. The lowest BCUT2D eigenvalue weighted by molar-refractivity contribution is -0.139. The van der Waals surface area contributed by atoms with Gasteiger partial charge in [-0.3, -0.25) is 14.6 Å². The minimum atomic E-state index is -0.739. The molecule has 0 spiro atoms. The molecule has 1 aromatic heterocycles. The zero-order chi connectivity index (χ0) is 27.9. The molecule has 1 saturated heterocycles. The third kappa shape index (κ3) is 8.51. The van der Waals surface area contributed by atoms with Crippen LogP contribution in [0.5, 0.6) is 0 Å². The van der Waals surface area contributed by atoms with Gasteiger partial charge in [-0.2, -0.15) is 0 Å². The van der Waals surface area contributed by atoms with E-state index in [-0.39, 0.29) is 28.8 Å². The summed E-state index contributed by atoms with van der Waals surface area (Å²) in [7, 11) is 1.71. The number of carbonyl (C=O) groups is 2. The molecule has 0 unspecified atom stereocenters. The van der Waals surface area contributed by atoms with Crippen LogP contribution in [0.1, 0.15) is 117 Å². The summed E-state index contributed by atoms with van der Waals surface area (Å²) in [6.07, 6.45) is 12.0. The Morgan fingerprint density at radius 1 is 1.13 bits per heavy atom. The zero-order valence-corrected chi connectivity index (χ0v) is 24.7. The summed E-state index contributed by atoms with van der Waals surface area (Å²) in [5.74, 6) is 0.190. The second-order valence-corrected chi connectivity index (χ2v) is 13.0. The summed E-state index contributed by atoms with van der Waals surface area (Å²) < 4.78 is 0. The summed E-state index contributed by atoms with van der Waals surface area (Å²) >= 11 is 0. The van der Waals surface area contributed by atoms with Crippen molar-refractivity contribution in [1.82, 2.24) is 20.5 Å². The molecule has 2 aliphatic rings. The van der Waals surface area contributed by atoms with Gasteiger partial charge in [-0.1, -0.05) is 66.2 Å². The molecule has 0 bridgehead atoms. The lowest BCUT2D eigenvalue weighted by atomic mass is 9.86. The van der Waals surface area contributed by atoms with Crippen LogP contribution in [-0.4, -0.2) is 58.6 Å². The second kappa shape index (κ2) is 13.4. The third-order valence-electron chi connectivity index (χ3n) is 8.66. The fourth-order valence-electron chi connectivity index (χ4n) is 5.46. The van der Waals surface area contributed by atoms with E-state index >= 15 is 0 Å². The minimum absolute atomic E-state index is 0.00698. The molecule has 4 atom stereocenters. The van der Waals surface area contributed by atoms with Gasteiger partial charge < -0.3 is 20.6 Å². The lowest BCUT2D eigenvalue weighted by Crippen LogP contribution is -2.54. The largest absolute Gasteiger partial charge is 0.390 e. The van der Waals surface area contributed by atoms with Crippen molar-refractivity contribution in [2.45, 2.75) is 134 Å². The first-order chi connectivity index (χ1) is 17.9. The Morgan fingerprint density at radius 3 is 2.45 bits per heavy atom. The number of rotatable bonds is 5. The van der Waals surface area contributed by atoms with Crippen LogP contribution in [0.4, 0.5) is 0 Å². The molecular weight excluding hydrogens is 476 g/mol. The van der Waals surface area contributed by atoms with Crippen LogP contribution < -0.4 is 10.6 Å². The van der Waals surface area contributed by atoms with Crippen molar-refractivity contribution < 1.29 is 14.7 Å². The second-order valence-electron chi connectivity index (χ2n) is 13.0. The maximum Gasteiger partial charge on any atom is 0.242 e. The number of hydrogen-bond acceptors (Lipinski definition) is 5. The molecule has 214 valence electrons. The standard InChI is InChI=1S/C31H52N4O3/c1-22-13-11-9-7-8-10-12-14-28(37)35(6)23(2)29(38)34-25(19-22)26(36)21-33-31(16-17-31)27-20-24(15-18-32-27)30(3,4)5/h15,18,20,22-23,25-26,33,36H,7-14,16-17,19,21H2,1-6H3,(H,34,38)/t22-,23+,25+,26-/m1/s1. The van der Waals surface area contributed by atoms with Crippen LogP contribution in [-0.2, 0) is 20.5 Å². The highest BCUT2D eigenvalue weighted by Crippen LogP contribution is 2.45. The van der Waals surface area contributed by atoms with Gasteiger partial charge in [0.2, 0.25) is 11.8 Å². The molecule has 1 aromatic rings. The number of aromatic nitrogens is 1. The Hall–Kier alpha value is -1.99. The number of hydrogen-bond donors (Lipinski definition) is 3. The Balaban J connectivity index is 1.69. The van der Waals surface area contributed by atoms with E-state index in [0.717, 1.165) is 50.6 Å². The molecule has 0 aromatic carbocycles. The Labute approximate surface area is 230 Å². The Bertz CT molecular complexity index is 924. The van der Waals surface area contributed by atoms with E-state index in [9.17, 15) is 14.7 Å². The van der Waals surface area contributed by atoms with Crippen LogP contribution in [0.25, 0.3) is 0 Å². The number of carbonyl (C=O) groups excluding carboxylic acids is 2. The van der Waals surface area contributed by atoms with Crippen molar-refractivity contribution in [1.29, 1.82) is 0 Å². The first-order valence-electron chi connectivity index (χ1n) is 14.9. The Morgan fingerprint density at radius 2 is 1.79 bits per heavy atom. The average Bonchev–Trinajstić information content (AvgIpc) is 3.67. The topological polar surface area (TPSA) is 94.6 Å². The highest BCUT2D eigenvalue weighted by atomic mass is 16.3. The molecule has 0 radical (unpaired) electrons. The van der Waals surface area contributed by atoms with Crippen LogP contribution in [0, 0.1) is 5.92 Å². The Kier molecular flexibility index (Phi) is 10.8. The monoisotopic (exact) mass is 528 g/mol. The lowest BCUT2D eigenvalue weighted by Gasteiger charge is -2.32. The van der Waals surface area contributed by atoms with Crippen molar-refractivity contribution in [2.75, 3.05) is 13.6 Å². The molecular formula is C31H52N4O3. The van der Waals surface area contributed by atoms with Crippen LogP contribution in [0.15, 0.2) is 18.3 Å². The first-order valence-corrected chi connectivity index (χ1v) is 14.9. The number of likely N-dealkylation sites (N-methyl/N-ethyl adjacent to an activating group) is 1. The maximum atomic E-state index is 13.2. The van der Waals surface area contributed by atoms with Crippen LogP contribution in [0.3, 0.4) is 0 Å². The fraction of sp³-hybridized carbons (Fsp3) is 0.774. The van der Waals surface area contributed by atoms with Gasteiger partial charge in [0.15, 0.2) is 0 Å². The number of aliphatic hydroxyl groups excluding tert-OH is 1. The number of aliphatic hydroxyl groups is 1. The van der Waals surface area contributed by atoms with E-state index in [2.05, 4.69) is 55.4 Å². The number of nitrogens with one attached hydrogen (secondary N) is 2. The van der Waals surface area contributed by atoms with Gasteiger partial charge in [-0.15, -0.1) is 0 Å². The van der Waals surface area contributed by atoms with Crippen LogP contribution >= 0.6 is 0 Å². The van der Waals surface area contributed by atoms with Gasteiger partial charge in [0, 0.05) is 26.2 Å². The highest BCUT2D eigenvalue weighted by Gasteiger charge is 2.46. The van der Waals surface area contributed by atoms with Gasteiger partial charge in [0.05, 0.1) is 23.4 Å². The predicted octanol–water partition coefficient (Wildman–Crippen LogP) is 4.81. The molecule has 2 amide bonds. The number of pyridine rings is 1. The van der Waals surface area contributed by atoms with E-state index in [1.807, 2.05) is 6.20 Å². The van der Waals surface area contributed by atoms with Crippen molar-refractivity contribution in [2.24, 2.45) is 5.92 Å². The van der Waals surface area contributed by atoms with E-state index in [1.54, 1.807) is 18.9 Å². The van der Waals surface area contributed by atoms with E-state index in [0.29, 0.717) is 25.3 Å². The third-order valence-corrected chi connectivity index (χ3v) is 8.66. The summed E-state index contributed by atoms with van der Waals surface area (Å²) in [6, 6.07) is 3.31. The fourth-order valence-corrected chi connectivity index (χ4v) is 5.46. The smallest absolute Gasteiger partial charge is 0.242 e. The van der Waals surface area contributed by atoms with Crippen molar-refractivity contribution >= 4 is 11.8 Å². The minimum Gasteiger partial charge on any atom is -0.390 e. The summed E-state index contributed by atoms with van der Waals surface area (Å²) in [5.41, 5.74) is 2.11. The molecule has 7 heteroatoms. The van der Waals surface area contributed by atoms with Crippen LogP contribution in [0.2, 0.25) is 0 Å². The number of nitrogens with zero attached hydrogens (tertiary/aromatic N) is 2. The molecule has 3 rings (SSSR count). The summed E-state index contributed by atoms with van der Waals surface area (Å²) in [5, 5.41) is 18.1.